The summed E-state index contributed by atoms with van der Waals surface area (Å²) in [6.45, 7) is 0. The van der Waals surface area contributed by atoms with Gasteiger partial charge in [0.2, 0.25) is 0 Å². The molecule has 0 radical (unpaired) electrons. The molecule has 0 N–H and O–H groups in total. The summed E-state index contributed by atoms with van der Waals surface area (Å²) in [6.07, 6.45) is 4.57. The summed E-state index contributed by atoms with van der Waals surface area (Å²) in [5, 5.41) is 18.3. The minimum absolute atomic E-state index is 1.05. The van der Waals surface area contributed by atoms with Crippen molar-refractivity contribution in [1.82, 2.24) is 0 Å². The second-order valence-electron chi connectivity index (χ2n) is 15.6. The Labute approximate surface area is 325 Å². The van der Waals surface area contributed by atoms with Crippen molar-refractivity contribution in [2.75, 3.05) is 0 Å². The van der Waals surface area contributed by atoms with E-state index in [0.29, 0.717) is 0 Å². The zero-order valence-corrected chi connectivity index (χ0v) is 30.9. The van der Waals surface area contributed by atoms with Crippen LogP contribution in [0.1, 0.15) is 23.1 Å². The van der Waals surface area contributed by atoms with Gasteiger partial charge in [0.15, 0.2) is 0 Å². The van der Waals surface area contributed by atoms with Crippen LogP contribution in [0.15, 0.2) is 188 Å². The van der Waals surface area contributed by atoms with E-state index in [0.717, 1.165) is 12.8 Å². The van der Waals surface area contributed by atoms with Gasteiger partial charge >= 0.3 is 0 Å². The minimum Gasteiger partial charge on any atom is -0.0616 e. The van der Waals surface area contributed by atoms with Gasteiger partial charge < -0.3 is 0 Å². The van der Waals surface area contributed by atoms with E-state index in [9.17, 15) is 0 Å². The van der Waals surface area contributed by atoms with Crippen LogP contribution in [0.2, 0.25) is 0 Å². The predicted molar refractivity (Wildman–Crippen MR) is 242 cm³/mol. The molecule has 0 heteroatoms. The van der Waals surface area contributed by atoms with Gasteiger partial charge in [-0.25, -0.2) is 0 Å². The van der Waals surface area contributed by atoms with Gasteiger partial charge in [-0.05, 0) is 163 Å². The normalized spacial score (nSPS) is 13.0. The third-order valence-electron chi connectivity index (χ3n) is 12.5. The van der Waals surface area contributed by atoms with E-state index in [1.54, 1.807) is 0 Å². The smallest absolute Gasteiger partial charge is 0.00928 e. The van der Waals surface area contributed by atoms with Crippen molar-refractivity contribution in [3.05, 3.63) is 205 Å². The number of aryl methyl sites for hydroxylation is 1. The molecule has 1 aliphatic carbocycles. The molecule has 0 unspecified atom stereocenters. The molecule has 11 aromatic carbocycles. The first kappa shape index (κ1) is 31.3. The molecular formula is C56H36. The summed E-state index contributed by atoms with van der Waals surface area (Å²) in [5.41, 5.74) is 10.6. The van der Waals surface area contributed by atoms with Gasteiger partial charge in [-0.2, -0.15) is 0 Å². The highest BCUT2D eigenvalue weighted by molar-refractivity contribution is 6.26. The average Bonchev–Trinajstić information content (AvgIpc) is 3.28. The summed E-state index contributed by atoms with van der Waals surface area (Å²) in [5.74, 6) is 0. The maximum atomic E-state index is 2.47. The number of allylic oxidation sites excluding steroid dienone is 1. The van der Waals surface area contributed by atoms with Crippen molar-refractivity contribution >= 4 is 87.1 Å². The third kappa shape index (κ3) is 4.86. The van der Waals surface area contributed by atoms with E-state index in [2.05, 4.69) is 194 Å². The maximum Gasteiger partial charge on any atom is -0.00928 e. The van der Waals surface area contributed by atoms with Gasteiger partial charge in [0.25, 0.3) is 0 Å². The van der Waals surface area contributed by atoms with E-state index in [1.807, 2.05) is 0 Å². The van der Waals surface area contributed by atoms with E-state index in [1.165, 1.54) is 120 Å². The molecular weight excluding hydrogens is 673 g/mol. The first-order chi connectivity index (χ1) is 27.7. The van der Waals surface area contributed by atoms with Gasteiger partial charge in [0.05, 0.1) is 0 Å². The lowest BCUT2D eigenvalue weighted by Crippen LogP contribution is -2.01. The quantitative estimate of drug-likeness (QED) is 0.160. The SMILES string of the molecule is C1=C(c2ccc3cc(-c4ccc5cc(-c6ccc7c8ccccc8c8ccccc8c7c6)ccc5c4)ccc3c2)CCc2c1c1ccccc1c1ccccc21. The largest absolute Gasteiger partial charge is 0.0616 e. The molecule has 0 heterocycles. The second kappa shape index (κ2) is 12.2. The van der Waals surface area contributed by atoms with Gasteiger partial charge in [-0.3, -0.25) is 0 Å². The minimum atomic E-state index is 1.05. The van der Waals surface area contributed by atoms with E-state index in [4.69, 9.17) is 0 Å². The molecule has 0 fully saturated rings. The zero-order valence-electron chi connectivity index (χ0n) is 30.9. The molecule has 1 aliphatic rings. The van der Waals surface area contributed by atoms with Gasteiger partial charge in [0, 0.05) is 0 Å². The van der Waals surface area contributed by atoms with Crippen LogP contribution in [0.25, 0.3) is 109 Å². The Morgan fingerprint density at radius 1 is 0.250 bits per heavy atom. The summed E-state index contributed by atoms with van der Waals surface area (Å²) in [4.78, 5) is 0. The van der Waals surface area contributed by atoms with E-state index >= 15 is 0 Å². The molecule has 0 aliphatic heterocycles. The van der Waals surface area contributed by atoms with Crippen LogP contribution in [0.3, 0.4) is 0 Å². The highest BCUT2D eigenvalue weighted by atomic mass is 14.2. The molecule has 0 spiro atoms. The highest BCUT2D eigenvalue weighted by Crippen LogP contribution is 2.42. The topological polar surface area (TPSA) is 0 Å². The molecule has 0 amide bonds. The lowest BCUT2D eigenvalue weighted by molar-refractivity contribution is 1.02. The van der Waals surface area contributed by atoms with Crippen molar-refractivity contribution in [2.45, 2.75) is 12.8 Å². The number of hydrogen-bond donors (Lipinski definition) is 0. The number of rotatable bonds is 3. The van der Waals surface area contributed by atoms with Crippen LogP contribution in [-0.2, 0) is 6.42 Å². The van der Waals surface area contributed by atoms with Crippen LogP contribution >= 0.6 is 0 Å². The maximum absolute atomic E-state index is 2.47. The summed E-state index contributed by atoms with van der Waals surface area (Å²) in [6, 6.07) is 70.2. The lowest BCUT2D eigenvalue weighted by Gasteiger charge is -2.22. The van der Waals surface area contributed by atoms with E-state index in [-0.39, 0.29) is 0 Å². The fourth-order valence-corrected chi connectivity index (χ4v) is 9.73. The zero-order chi connectivity index (χ0) is 36.7. The van der Waals surface area contributed by atoms with Crippen LogP contribution in [-0.4, -0.2) is 0 Å². The average molecular weight is 709 g/mol. The van der Waals surface area contributed by atoms with Crippen molar-refractivity contribution in [3.8, 4) is 22.3 Å². The van der Waals surface area contributed by atoms with Crippen LogP contribution < -0.4 is 0 Å². The number of benzene rings is 11. The molecule has 12 rings (SSSR count). The van der Waals surface area contributed by atoms with Gasteiger partial charge in [0.1, 0.15) is 0 Å². The molecule has 0 atom stereocenters. The first-order valence-electron chi connectivity index (χ1n) is 19.8. The number of fused-ring (bicyclic) bond motifs is 14. The fraction of sp³-hybridized carbons (Fsp3) is 0.0357. The standard InChI is InChI=1S/C56H36/c1-3-13-49-45(9-1)47-11-5-7-15-51(47)55-33-43(25-27-53(49)55)41-23-21-37-29-35(17-19-39(37)31-41)36-18-20-40-32-42(24-22-38(40)30-36)44-26-28-54-50-14-4-2-10-46(50)48-12-6-8-16-52(48)56(54)34-44/h1-25,27,29-34H,26,28H2. The summed E-state index contributed by atoms with van der Waals surface area (Å²) < 4.78 is 0. The number of hydrogen-bond acceptors (Lipinski definition) is 0. The Morgan fingerprint density at radius 3 is 1.14 bits per heavy atom. The Bertz CT molecular complexity index is 3430. The van der Waals surface area contributed by atoms with Crippen molar-refractivity contribution in [3.63, 3.8) is 0 Å². The van der Waals surface area contributed by atoms with Crippen molar-refractivity contribution in [2.24, 2.45) is 0 Å². The molecule has 0 nitrogen and oxygen atoms in total. The van der Waals surface area contributed by atoms with Crippen LogP contribution in [0.4, 0.5) is 0 Å². The Kier molecular flexibility index (Phi) is 6.86. The first-order valence-corrected chi connectivity index (χ1v) is 19.8. The molecule has 11 aromatic rings. The molecule has 56 heavy (non-hydrogen) atoms. The molecule has 0 aromatic heterocycles. The predicted octanol–water partition coefficient (Wildman–Crippen LogP) is 15.6. The van der Waals surface area contributed by atoms with Crippen LogP contribution in [0, 0.1) is 0 Å². The van der Waals surface area contributed by atoms with Gasteiger partial charge in [-0.15, -0.1) is 0 Å². The summed E-state index contributed by atoms with van der Waals surface area (Å²) in [7, 11) is 0. The van der Waals surface area contributed by atoms with Gasteiger partial charge in [-0.1, -0.05) is 164 Å². The van der Waals surface area contributed by atoms with Crippen molar-refractivity contribution < 1.29 is 0 Å². The summed E-state index contributed by atoms with van der Waals surface area (Å²) >= 11 is 0. The second-order valence-corrected chi connectivity index (χ2v) is 15.6. The Morgan fingerprint density at radius 2 is 0.607 bits per heavy atom. The molecule has 0 saturated heterocycles. The Hall–Kier alpha value is -7.02. The molecule has 0 bridgehead atoms. The highest BCUT2D eigenvalue weighted by Gasteiger charge is 2.19. The third-order valence-corrected chi connectivity index (χ3v) is 12.5. The van der Waals surface area contributed by atoms with E-state index < -0.39 is 0 Å². The molecule has 260 valence electrons. The van der Waals surface area contributed by atoms with Crippen LogP contribution in [0.5, 0.6) is 0 Å². The fourth-order valence-electron chi connectivity index (χ4n) is 9.73. The molecule has 0 saturated carbocycles. The lowest BCUT2D eigenvalue weighted by atomic mass is 9.82. The monoisotopic (exact) mass is 708 g/mol. The van der Waals surface area contributed by atoms with Crippen molar-refractivity contribution in [1.29, 1.82) is 0 Å². The Balaban J connectivity index is 0.873.